The summed E-state index contributed by atoms with van der Waals surface area (Å²) in [6.07, 6.45) is 0.382. The van der Waals surface area contributed by atoms with Gasteiger partial charge >= 0.3 is 6.09 Å². The summed E-state index contributed by atoms with van der Waals surface area (Å²) in [6.45, 7) is 5.70. The number of carboxylic acid groups (broad SMARTS) is 1. The van der Waals surface area contributed by atoms with Crippen LogP contribution in [0.3, 0.4) is 0 Å². The van der Waals surface area contributed by atoms with E-state index in [4.69, 9.17) is 5.73 Å². The van der Waals surface area contributed by atoms with E-state index < -0.39 is 34.4 Å². The van der Waals surface area contributed by atoms with Crippen molar-refractivity contribution in [1.29, 1.82) is 0 Å². The van der Waals surface area contributed by atoms with Gasteiger partial charge in [-0.1, -0.05) is 39.0 Å². The Kier molecular flexibility index (Phi) is 6.94. The van der Waals surface area contributed by atoms with Crippen molar-refractivity contribution in [1.82, 2.24) is 15.3 Å². The molecule has 0 bridgehead atoms. The number of amides is 2. The highest BCUT2D eigenvalue weighted by Gasteiger charge is 2.30. The highest BCUT2D eigenvalue weighted by molar-refractivity contribution is 6.06. The fourth-order valence-electron chi connectivity index (χ4n) is 3.71. The molecule has 0 spiro atoms. The molecule has 0 fully saturated rings. The van der Waals surface area contributed by atoms with Gasteiger partial charge in [-0.3, -0.25) is 14.9 Å². The van der Waals surface area contributed by atoms with E-state index in [1.165, 1.54) is 18.5 Å². The number of hydrogen-bond donors (Lipinski definition) is 4. The fraction of sp³-hybridized carbons (Fsp3) is 0.304. The summed E-state index contributed by atoms with van der Waals surface area (Å²) in [5, 5.41) is 27.1. The molecule has 2 atom stereocenters. The van der Waals surface area contributed by atoms with E-state index in [1.807, 2.05) is 20.8 Å². The van der Waals surface area contributed by atoms with Gasteiger partial charge in [-0.2, -0.15) is 0 Å². The van der Waals surface area contributed by atoms with Crippen molar-refractivity contribution in [2.75, 3.05) is 5.32 Å². The van der Waals surface area contributed by atoms with Gasteiger partial charge in [0.25, 0.3) is 11.6 Å². The Morgan fingerprint density at radius 3 is 2.50 bits per heavy atom. The van der Waals surface area contributed by atoms with E-state index >= 15 is 0 Å². The number of fused-ring (bicyclic) bond motifs is 1. The van der Waals surface area contributed by atoms with Crippen molar-refractivity contribution in [2.24, 2.45) is 11.1 Å². The molecular weight excluding hydrogens is 440 g/mol. The first kappa shape index (κ1) is 24.4. The van der Waals surface area contributed by atoms with Crippen molar-refractivity contribution in [3.63, 3.8) is 0 Å². The third kappa shape index (κ3) is 5.55. The van der Waals surface area contributed by atoms with Crippen molar-refractivity contribution in [3.8, 4) is 0 Å². The predicted molar refractivity (Wildman–Crippen MR) is 127 cm³/mol. The number of nitro benzene ring substituents is 1. The van der Waals surface area contributed by atoms with E-state index in [1.54, 1.807) is 30.3 Å². The number of nitro groups is 1. The number of carbonyl (C=O) groups excluding carboxylic acids is 1. The summed E-state index contributed by atoms with van der Waals surface area (Å²) in [4.78, 5) is 42.7. The van der Waals surface area contributed by atoms with Crippen molar-refractivity contribution in [3.05, 3.63) is 70.0 Å². The van der Waals surface area contributed by atoms with Gasteiger partial charge in [0.15, 0.2) is 0 Å². The molecule has 34 heavy (non-hydrogen) atoms. The first-order chi connectivity index (χ1) is 16.0. The van der Waals surface area contributed by atoms with Gasteiger partial charge in [-0.05, 0) is 29.5 Å². The molecule has 3 aromatic rings. The van der Waals surface area contributed by atoms with Crippen LogP contribution in [0.25, 0.3) is 10.9 Å². The maximum atomic E-state index is 11.8. The minimum atomic E-state index is -1.17. The van der Waals surface area contributed by atoms with Gasteiger partial charge in [-0.15, -0.1) is 0 Å². The molecule has 0 aliphatic carbocycles. The molecule has 11 nitrogen and oxygen atoms in total. The molecule has 11 heteroatoms. The van der Waals surface area contributed by atoms with Gasteiger partial charge in [0.2, 0.25) is 0 Å². The quantitative estimate of drug-likeness (QED) is 0.286. The number of rotatable bonds is 8. The van der Waals surface area contributed by atoms with E-state index in [0.29, 0.717) is 22.3 Å². The number of benzene rings is 2. The number of nitrogens with one attached hydrogen (secondary N) is 2. The Morgan fingerprint density at radius 2 is 1.88 bits per heavy atom. The third-order valence-electron chi connectivity index (χ3n) is 5.54. The number of para-hydroxylation sites is 1. The summed E-state index contributed by atoms with van der Waals surface area (Å²) < 4.78 is 0. The molecule has 0 saturated carbocycles. The molecule has 0 aliphatic heterocycles. The first-order valence-corrected chi connectivity index (χ1v) is 10.5. The standard InChI is InChI=1S/C23H26N6O5/c1-23(2,3)18(28-22(31)32)11-17(13-6-4-7-14(10-13)29(33)34)27-21-16-9-5-8-15(20(24)30)19(16)25-12-26-21/h4-10,12,17-18,28H,11H2,1-3H3,(H2,24,30)(H,31,32)(H,25,26,27). The number of anilines is 1. The molecule has 2 aromatic carbocycles. The van der Waals surface area contributed by atoms with Crippen molar-refractivity contribution >= 4 is 34.4 Å². The number of hydrogen-bond acceptors (Lipinski definition) is 7. The molecule has 5 N–H and O–H groups in total. The smallest absolute Gasteiger partial charge is 0.404 e. The Bertz CT molecular complexity index is 1240. The van der Waals surface area contributed by atoms with Crippen molar-refractivity contribution in [2.45, 2.75) is 39.3 Å². The minimum absolute atomic E-state index is 0.0913. The van der Waals surface area contributed by atoms with Crippen LogP contribution in [0.5, 0.6) is 0 Å². The maximum Gasteiger partial charge on any atom is 0.404 e. The second kappa shape index (κ2) is 9.69. The molecule has 178 valence electrons. The average Bonchev–Trinajstić information content (AvgIpc) is 2.76. The highest BCUT2D eigenvalue weighted by Crippen LogP contribution is 2.33. The zero-order valence-electron chi connectivity index (χ0n) is 19.0. The Morgan fingerprint density at radius 1 is 1.18 bits per heavy atom. The Labute approximate surface area is 195 Å². The van der Waals surface area contributed by atoms with Crippen LogP contribution in [-0.4, -0.2) is 38.0 Å². The zero-order valence-corrected chi connectivity index (χ0v) is 19.0. The Hall–Kier alpha value is -4.28. The summed E-state index contributed by atoms with van der Waals surface area (Å²) in [5.74, 6) is -0.253. The van der Waals surface area contributed by atoms with Crippen LogP contribution >= 0.6 is 0 Å². The summed E-state index contributed by atoms with van der Waals surface area (Å²) in [5.41, 5.74) is 6.11. The van der Waals surface area contributed by atoms with Crippen LogP contribution in [0, 0.1) is 15.5 Å². The summed E-state index contributed by atoms with van der Waals surface area (Å²) in [7, 11) is 0. The lowest BCUT2D eigenvalue weighted by Crippen LogP contribution is -2.44. The summed E-state index contributed by atoms with van der Waals surface area (Å²) >= 11 is 0. The van der Waals surface area contributed by atoms with Gasteiger partial charge < -0.3 is 21.5 Å². The number of non-ortho nitro benzene ring substituents is 1. The van der Waals surface area contributed by atoms with Crippen LogP contribution in [0.1, 0.15) is 49.2 Å². The van der Waals surface area contributed by atoms with Crippen LogP contribution in [-0.2, 0) is 0 Å². The molecule has 0 aliphatic rings. The van der Waals surface area contributed by atoms with Crippen LogP contribution in [0.2, 0.25) is 0 Å². The van der Waals surface area contributed by atoms with Crippen LogP contribution in [0.4, 0.5) is 16.3 Å². The van der Waals surface area contributed by atoms with Gasteiger partial charge in [0, 0.05) is 23.6 Å². The second-order valence-corrected chi connectivity index (χ2v) is 8.94. The summed E-state index contributed by atoms with van der Waals surface area (Å²) in [6, 6.07) is 10.0. The van der Waals surface area contributed by atoms with E-state index in [2.05, 4.69) is 20.6 Å². The largest absolute Gasteiger partial charge is 0.465 e. The maximum absolute atomic E-state index is 11.8. The van der Waals surface area contributed by atoms with Gasteiger partial charge in [0.1, 0.15) is 12.1 Å². The normalized spacial score (nSPS) is 13.1. The number of aromatic nitrogens is 2. The lowest BCUT2D eigenvalue weighted by molar-refractivity contribution is -0.384. The molecule has 2 amide bonds. The van der Waals surface area contributed by atoms with Gasteiger partial charge in [0.05, 0.1) is 22.0 Å². The monoisotopic (exact) mass is 466 g/mol. The fourth-order valence-corrected chi connectivity index (χ4v) is 3.71. The van der Waals surface area contributed by atoms with Gasteiger partial charge in [-0.25, -0.2) is 14.8 Å². The molecular formula is C23H26N6O5. The number of nitrogens with zero attached hydrogens (tertiary/aromatic N) is 3. The lowest BCUT2D eigenvalue weighted by Gasteiger charge is -2.34. The van der Waals surface area contributed by atoms with Crippen molar-refractivity contribution < 1.29 is 19.6 Å². The topological polar surface area (TPSA) is 173 Å². The predicted octanol–water partition coefficient (Wildman–Crippen LogP) is 3.86. The molecule has 0 saturated heterocycles. The molecule has 1 heterocycles. The van der Waals surface area contributed by atoms with E-state index in [0.717, 1.165) is 0 Å². The lowest BCUT2D eigenvalue weighted by atomic mass is 9.81. The highest BCUT2D eigenvalue weighted by atomic mass is 16.6. The number of carbonyl (C=O) groups is 2. The number of nitrogens with two attached hydrogens (primary N) is 1. The zero-order chi connectivity index (χ0) is 25.0. The molecule has 3 rings (SSSR count). The molecule has 1 aromatic heterocycles. The Balaban J connectivity index is 2.10. The minimum Gasteiger partial charge on any atom is -0.465 e. The van der Waals surface area contributed by atoms with Crippen LogP contribution in [0.15, 0.2) is 48.8 Å². The molecule has 0 radical (unpaired) electrons. The second-order valence-electron chi connectivity index (χ2n) is 8.94. The van der Waals surface area contributed by atoms with E-state index in [-0.39, 0.29) is 17.7 Å². The first-order valence-electron chi connectivity index (χ1n) is 10.5. The third-order valence-corrected chi connectivity index (χ3v) is 5.54. The van der Waals surface area contributed by atoms with E-state index in [9.17, 15) is 24.8 Å². The number of primary amides is 1. The average molecular weight is 466 g/mol. The van der Waals surface area contributed by atoms with Crippen LogP contribution < -0.4 is 16.4 Å². The SMILES string of the molecule is CC(C)(C)C(CC(Nc1ncnc2c(C(N)=O)cccc12)c1cccc([N+](=O)[O-])c1)NC(=O)O. The molecule has 2 unspecified atom stereocenters.